The molecule has 0 bridgehead atoms. The first kappa shape index (κ1) is 9.75. The molecule has 0 aromatic carbocycles. The molecule has 0 aromatic rings. The molecule has 12 heavy (non-hydrogen) atoms. The van der Waals surface area contributed by atoms with Crippen molar-refractivity contribution in [2.45, 2.75) is 26.3 Å². The van der Waals surface area contributed by atoms with E-state index in [2.05, 4.69) is 36.2 Å². The third kappa shape index (κ3) is 2.61. The van der Waals surface area contributed by atoms with E-state index in [1.54, 1.807) is 0 Å². The van der Waals surface area contributed by atoms with E-state index in [1.807, 2.05) is 0 Å². The van der Waals surface area contributed by atoms with Gasteiger partial charge in [-0.05, 0) is 26.4 Å². The summed E-state index contributed by atoms with van der Waals surface area (Å²) in [5.74, 6) is 0. The van der Waals surface area contributed by atoms with Crippen molar-refractivity contribution >= 4 is 0 Å². The molecule has 1 fully saturated rings. The van der Waals surface area contributed by atoms with Crippen LogP contribution in [0.1, 0.15) is 20.3 Å². The molecule has 1 aliphatic rings. The summed E-state index contributed by atoms with van der Waals surface area (Å²) in [5, 5.41) is 3.40. The standard InChI is InChI=1S/C10H20N2/c1-3-5-8-12(4-2)10-6-7-11-9-10/h3,5,10-11H,4,6-9H2,1-2H3. The highest BCUT2D eigenvalue weighted by atomic mass is 15.2. The molecule has 2 nitrogen and oxygen atoms in total. The van der Waals surface area contributed by atoms with Crippen LogP contribution in [0.5, 0.6) is 0 Å². The van der Waals surface area contributed by atoms with Crippen LogP contribution >= 0.6 is 0 Å². The van der Waals surface area contributed by atoms with Gasteiger partial charge in [-0.3, -0.25) is 4.90 Å². The normalized spacial score (nSPS) is 24.4. The van der Waals surface area contributed by atoms with Crippen molar-refractivity contribution in [3.05, 3.63) is 12.2 Å². The highest BCUT2D eigenvalue weighted by molar-refractivity contribution is 4.87. The third-order valence-corrected chi connectivity index (χ3v) is 2.53. The Morgan fingerprint density at radius 3 is 2.92 bits per heavy atom. The lowest BCUT2D eigenvalue weighted by Crippen LogP contribution is -2.36. The molecular weight excluding hydrogens is 148 g/mol. The molecule has 1 aliphatic heterocycles. The van der Waals surface area contributed by atoms with Crippen LogP contribution in [-0.4, -0.2) is 37.1 Å². The van der Waals surface area contributed by atoms with Gasteiger partial charge in [-0.1, -0.05) is 19.1 Å². The Bertz CT molecular complexity index is 137. The number of likely N-dealkylation sites (N-methyl/N-ethyl adjacent to an activating group) is 1. The van der Waals surface area contributed by atoms with E-state index in [9.17, 15) is 0 Å². The van der Waals surface area contributed by atoms with Crippen molar-refractivity contribution in [1.29, 1.82) is 0 Å². The maximum atomic E-state index is 3.40. The first-order valence-corrected chi connectivity index (χ1v) is 4.94. The molecule has 1 saturated heterocycles. The number of nitrogens with one attached hydrogen (secondary N) is 1. The predicted molar refractivity (Wildman–Crippen MR) is 53.3 cm³/mol. The van der Waals surface area contributed by atoms with Crippen molar-refractivity contribution in [2.24, 2.45) is 0 Å². The van der Waals surface area contributed by atoms with Gasteiger partial charge in [0, 0.05) is 19.1 Å². The molecule has 1 unspecified atom stereocenters. The Balaban J connectivity index is 2.32. The Hall–Kier alpha value is -0.340. The number of nitrogens with zero attached hydrogens (tertiary/aromatic N) is 1. The van der Waals surface area contributed by atoms with Gasteiger partial charge in [0.15, 0.2) is 0 Å². The average Bonchev–Trinajstić information content (AvgIpc) is 2.59. The highest BCUT2D eigenvalue weighted by Crippen LogP contribution is 2.07. The Morgan fingerprint density at radius 1 is 1.58 bits per heavy atom. The molecule has 1 rings (SSSR count). The van der Waals surface area contributed by atoms with Crippen LogP contribution < -0.4 is 5.32 Å². The molecule has 1 N–H and O–H groups in total. The summed E-state index contributed by atoms with van der Waals surface area (Å²) >= 11 is 0. The molecule has 0 saturated carbocycles. The summed E-state index contributed by atoms with van der Waals surface area (Å²) in [7, 11) is 0. The van der Waals surface area contributed by atoms with Crippen LogP contribution in [0.25, 0.3) is 0 Å². The van der Waals surface area contributed by atoms with Gasteiger partial charge in [0.2, 0.25) is 0 Å². The Labute approximate surface area is 75.6 Å². The number of hydrogen-bond acceptors (Lipinski definition) is 2. The van der Waals surface area contributed by atoms with Crippen molar-refractivity contribution in [2.75, 3.05) is 26.2 Å². The number of allylic oxidation sites excluding steroid dienone is 1. The zero-order valence-corrected chi connectivity index (χ0v) is 8.21. The van der Waals surface area contributed by atoms with E-state index in [0.29, 0.717) is 0 Å². The molecular formula is C10H20N2. The van der Waals surface area contributed by atoms with Crippen molar-refractivity contribution in [3.63, 3.8) is 0 Å². The fourth-order valence-corrected chi connectivity index (χ4v) is 1.73. The summed E-state index contributed by atoms with van der Waals surface area (Å²) in [4.78, 5) is 2.53. The fourth-order valence-electron chi connectivity index (χ4n) is 1.73. The van der Waals surface area contributed by atoms with E-state index < -0.39 is 0 Å². The molecule has 0 aromatic heterocycles. The minimum absolute atomic E-state index is 0.770. The maximum Gasteiger partial charge on any atom is 0.0235 e. The van der Waals surface area contributed by atoms with Gasteiger partial charge in [-0.15, -0.1) is 0 Å². The third-order valence-electron chi connectivity index (χ3n) is 2.53. The van der Waals surface area contributed by atoms with E-state index in [0.717, 1.165) is 19.1 Å². The summed E-state index contributed by atoms with van der Waals surface area (Å²) in [6.45, 7) is 8.96. The Morgan fingerprint density at radius 2 is 2.42 bits per heavy atom. The van der Waals surface area contributed by atoms with Crippen LogP contribution in [-0.2, 0) is 0 Å². The lowest BCUT2D eigenvalue weighted by Gasteiger charge is -2.25. The van der Waals surface area contributed by atoms with Gasteiger partial charge in [0.05, 0.1) is 0 Å². The summed E-state index contributed by atoms with van der Waals surface area (Å²) in [5.41, 5.74) is 0. The van der Waals surface area contributed by atoms with Crippen LogP contribution in [0.4, 0.5) is 0 Å². The Kier molecular flexibility index (Phi) is 4.33. The lowest BCUT2D eigenvalue weighted by atomic mass is 10.2. The van der Waals surface area contributed by atoms with E-state index in [4.69, 9.17) is 0 Å². The minimum Gasteiger partial charge on any atom is -0.315 e. The van der Waals surface area contributed by atoms with Crippen LogP contribution in [0.2, 0.25) is 0 Å². The smallest absolute Gasteiger partial charge is 0.0235 e. The van der Waals surface area contributed by atoms with Crippen LogP contribution in [0.15, 0.2) is 12.2 Å². The first-order chi connectivity index (χ1) is 5.88. The van der Waals surface area contributed by atoms with Crippen molar-refractivity contribution in [1.82, 2.24) is 10.2 Å². The lowest BCUT2D eigenvalue weighted by molar-refractivity contribution is 0.243. The first-order valence-electron chi connectivity index (χ1n) is 4.94. The van der Waals surface area contributed by atoms with Gasteiger partial charge < -0.3 is 5.32 Å². The molecule has 0 radical (unpaired) electrons. The van der Waals surface area contributed by atoms with Gasteiger partial charge >= 0.3 is 0 Å². The predicted octanol–water partition coefficient (Wildman–Crippen LogP) is 1.25. The van der Waals surface area contributed by atoms with Gasteiger partial charge in [-0.25, -0.2) is 0 Å². The zero-order chi connectivity index (χ0) is 8.81. The second-order valence-corrected chi connectivity index (χ2v) is 3.30. The van der Waals surface area contributed by atoms with Gasteiger partial charge in [0.25, 0.3) is 0 Å². The van der Waals surface area contributed by atoms with E-state index >= 15 is 0 Å². The quantitative estimate of drug-likeness (QED) is 0.635. The summed E-state index contributed by atoms with van der Waals surface area (Å²) in [6.07, 6.45) is 5.68. The minimum atomic E-state index is 0.770. The average molecular weight is 168 g/mol. The maximum absolute atomic E-state index is 3.40. The largest absolute Gasteiger partial charge is 0.315 e. The topological polar surface area (TPSA) is 15.3 Å². The summed E-state index contributed by atoms with van der Waals surface area (Å²) in [6, 6.07) is 0.770. The van der Waals surface area contributed by atoms with E-state index in [-0.39, 0.29) is 0 Å². The molecule has 0 spiro atoms. The molecule has 70 valence electrons. The molecule has 2 heteroatoms. The number of rotatable bonds is 4. The van der Waals surface area contributed by atoms with Gasteiger partial charge in [0.1, 0.15) is 0 Å². The molecule has 1 atom stereocenters. The van der Waals surface area contributed by atoms with E-state index in [1.165, 1.54) is 19.5 Å². The second kappa shape index (κ2) is 5.33. The molecule has 1 heterocycles. The molecule has 0 amide bonds. The monoisotopic (exact) mass is 168 g/mol. The van der Waals surface area contributed by atoms with Crippen LogP contribution in [0.3, 0.4) is 0 Å². The fraction of sp³-hybridized carbons (Fsp3) is 0.800. The second-order valence-electron chi connectivity index (χ2n) is 3.30. The highest BCUT2D eigenvalue weighted by Gasteiger charge is 2.19. The SMILES string of the molecule is CC=CCN(CC)C1CCNC1. The van der Waals surface area contributed by atoms with Crippen molar-refractivity contribution < 1.29 is 0 Å². The van der Waals surface area contributed by atoms with Crippen molar-refractivity contribution in [3.8, 4) is 0 Å². The zero-order valence-electron chi connectivity index (χ0n) is 8.21. The van der Waals surface area contributed by atoms with Crippen LogP contribution in [0, 0.1) is 0 Å². The van der Waals surface area contributed by atoms with Gasteiger partial charge in [-0.2, -0.15) is 0 Å². The molecule has 0 aliphatic carbocycles. The number of hydrogen-bond donors (Lipinski definition) is 1. The summed E-state index contributed by atoms with van der Waals surface area (Å²) < 4.78 is 0.